The molecule has 1 amide bonds. The van der Waals surface area contributed by atoms with Gasteiger partial charge in [-0.15, -0.1) is 0 Å². The molecule has 0 radical (unpaired) electrons. The van der Waals surface area contributed by atoms with Gasteiger partial charge in [0.25, 0.3) is 15.9 Å². The zero-order valence-corrected chi connectivity index (χ0v) is 26.2. The molecule has 43 heavy (non-hydrogen) atoms. The zero-order chi connectivity index (χ0) is 31.0. The highest BCUT2D eigenvalue weighted by molar-refractivity contribution is 7.90. The molecule has 3 aromatic heterocycles. The van der Waals surface area contributed by atoms with Crippen LogP contribution in [0.2, 0.25) is 0 Å². The van der Waals surface area contributed by atoms with Crippen molar-refractivity contribution in [1.82, 2.24) is 19.7 Å². The summed E-state index contributed by atoms with van der Waals surface area (Å²) >= 11 is 0. The van der Waals surface area contributed by atoms with Crippen molar-refractivity contribution in [3.8, 4) is 6.07 Å². The number of nitriles is 1. The van der Waals surface area contributed by atoms with E-state index >= 15 is 0 Å². The van der Waals surface area contributed by atoms with Crippen LogP contribution >= 0.6 is 0 Å². The molecule has 0 spiro atoms. The summed E-state index contributed by atoms with van der Waals surface area (Å²) in [4.78, 5) is 29.8. The van der Waals surface area contributed by atoms with Gasteiger partial charge >= 0.3 is 0 Å². The second-order valence-electron chi connectivity index (χ2n) is 13.1. The Morgan fingerprint density at radius 3 is 2.58 bits per heavy atom. The number of anilines is 2. The number of aryl methyl sites for hydroxylation is 1. The van der Waals surface area contributed by atoms with Crippen molar-refractivity contribution in [2.45, 2.75) is 88.7 Å². The van der Waals surface area contributed by atoms with Crippen molar-refractivity contribution >= 4 is 27.6 Å². The lowest BCUT2D eigenvalue weighted by molar-refractivity contribution is 0.0981. The highest BCUT2D eigenvalue weighted by atomic mass is 32.2. The molecule has 4 bridgehead atoms. The lowest BCUT2D eigenvalue weighted by atomic mass is 9.90. The second kappa shape index (κ2) is 11.6. The average Bonchev–Trinajstić information content (AvgIpc) is 3.26. The number of carbonyl (C=O) groups excluding carboxylic acids is 1. The summed E-state index contributed by atoms with van der Waals surface area (Å²) in [5.41, 5.74) is 2.25. The highest BCUT2D eigenvalue weighted by Gasteiger charge is 2.41. The SMILES string of the molecule is CC(C)(C)c1ccc2c(n1)N1C[C@@H](CCC(c3ccc(CCC#N)cn3)Nc3cccc(n3)S(=O)(=O)NC2=O)CC1(C)C. The highest BCUT2D eigenvalue weighted by Crippen LogP contribution is 2.41. The number of rotatable bonds is 3. The Bertz CT molecular complexity index is 1660. The van der Waals surface area contributed by atoms with E-state index < -0.39 is 15.9 Å². The summed E-state index contributed by atoms with van der Waals surface area (Å²) in [5, 5.41) is 12.1. The van der Waals surface area contributed by atoms with Gasteiger partial charge in [0.1, 0.15) is 11.6 Å². The fourth-order valence-corrected chi connectivity index (χ4v) is 6.88. The van der Waals surface area contributed by atoms with Crippen molar-refractivity contribution in [3.63, 3.8) is 0 Å². The number of nitrogens with one attached hydrogen (secondary N) is 2. The number of fused-ring (bicyclic) bond motifs is 6. The van der Waals surface area contributed by atoms with E-state index in [-0.39, 0.29) is 27.6 Å². The van der Waals surface area contributed by atoms with Crippen LogP contribution in [-0.4, -0.2) is 41.4 Å². The molecule has 1 fully saturated rings. The molecule has 226 valence electrons. The monoisotopic (exact) mass is 601 g/mol. The van der Waals surface area contributed by atoms with Gasteiger partial charge in [-0.2, -0.15) is 13.7 Å². The number of carbonyl (C=O) groups is 1. The number of aromatic nitrogens is 3. The number of hydrogen-bond donors (Lipinski definition) is 2. The largest absolute Gasteiger partial charge is 0.362 e. The molecule has 10 nitrogen and oxygen atoms in total. The van der Waals surface area contributed by atoms with Crippen LogP contribution in [0.15, 0.2) is 53.7 Å². The molecule has 2 aliphatic heterocycles. The van der Waals surface area contributed by atoms with Gasteiger partial charge in [0.2, 0.25) is 0 Å². The number of amides is 1. The van der Waals surface area contributed by atoms with E-state index in [1.54, 1.807) is 30.5 Å². The third kappa shape index (κ3) is 6.64. The summed E-state index contributed by atoms with van der Waals surface area (Å²) in [6, 6.07) is 14.0. The van der Waals surface area contributed by atoms with Crippen molar-refractivity contribution in [1.29, 1.82) is 5.26 Å². The minimum absolute atomic E-state index is 0.216. The number of hydrogen-bond acceptors (Lipinski definition) is 9. The van der Waals surface area contributed by atoms with Crippen LogP contribution in [0.5, 0.6) is 0 Å². The zero-order valence-electron chi connectivity index (χ0n) is 25.4. The number of pyridine rings is 3. The maximum atomic E-state index is 13.6. The smallest absolute Gasteiger partial charge is 0.281 e. The molecule has 5 heterocycles. The summed E-state index contributed by atoms with van der Waals surface area (Å²) in [6.07, 6.45) is 5.34. The van der Waals surface area contributed by atoms with Crippen LogP contribution in [-0.2, 0) is 21.9 Å². The first-order valence-corrected chi connectivity index (χ1v) is 16.2. The fourth-order valence-electron chi connectivity index (χ4n) is 5.94. The van der Waals surface area contributed by atoms with Crippen molar-refractivity contribution in [3.05, 3.63) is 71.2 Å². The Hall–Kier alpha value is -4.04. The Morgan fingerprint density at radius 2 is 1.88 bits per heavy atom. The maximum Gasteiger partial charge on any atom is 0.281 e. The quantitative estimate of drug-likeness (QED) is 0.409. The van der Waals surface area contributed by atoms with E-state index in [1.165, 1.54) is 6.07 Å². The fraction of sp³-hybridized carbons (Fsp3) is 0.469. The van der Waals surface area contributed by atoms with E-state index in [0.29, 0.717) is 36.9 Å². The molecule has 0 saturated carbocycles. The summed E-state index contributed by atoms with van der Waals surface area (Å²) < 4.78 is 29.1. The predicted molar refractivity (Wildman–Crippen MR) is 165 cm³/mol. The van der Waals surface area contributed by atoms with E-state index in [9.17, 15) is 13.2 Å². The van der Waals surface area contributed by atoms with Gasteiger partial charge in [-0.25, -0.2) is 14.7 Å². The standard InChI is InChI=1S/C32H39N7O3S/c1-31(2,3)26-16-13-23-29(36-26)39-20-22(18-32(39,4)5)12-15-25(24-14-11-21(19-34-24)8-7-17-33)35-27-9-6-10-28(37-27)43(41,42)38-30(23)40/h6,9-11,13-14,16,19,22,25H,7-8,12,15,18,20H2,1-5H3,(H,35,37)(H,38,40)/t22-,25?/m0/s1. The van der Waals surface area contributed by atoms with Crippen LogP contribution in [0, 0.1) is 17.2 Å². The maximum absolute atomic E-state index is 13.6. The molecule has 0 aromatic carbocycles. The normalized spacial score (nSPS) is 21.4. The van der Waals surface area contributed by atoms with Gasteiger partial charge in [-0.1, -0.05) is 32.9 Å². The van der Waals surface area contributed by atoms with Gasteiger partial charge in [0, 0.05) is 35.8 Å². The van der Waals surface area contributed by atoms with E-state index in [4.69, 9.17) is 15.2 Å². The van der Waals surface area contributed by atoms with Crippen molar-refractivity contribution < 1.29 is 13.2 Å². The van der Waals surface area contributed by atoms with Crippen LogP contribution in [0.1, 0.15) is 93.7 Å². The number of sulfonamides is 1. The van der Waals surface area contributed by atoms with Gasteiger partial charge in [-0.05, 0) is 81.3 Å². The Kier molecular flexibility index (Phi) is 8.18. The first-order valence-electron chi connectivity index (χ1n) is 14.7. The number of nitrogens with zero attached hydrogens (tertiary/aromatic N) is 5. The van der Waals surface area contributed by atoms with E-state index in [2.05, 4.69) is 60.6 Å². The van der Waals surface area contributed by atoms with Crippen LogP contribution < -0.4 is 14.9 Å². The van der Waals surface area contributed by atoms with Gasteiger partial charge < -0.3 is 10.2 Å². The molecule has 1 unspecified atom stereocenters. The Balaban J connectivity index is 1.58. The topological polar surface area (TPSA) is 141 Å². The van der Waals surface area contributed by atoms with Gasteiger partial charge in [0.15, 0.2) is 5.03 Å². The molecule has 2 N–H and O–H groups in total. The van der Waals surface area contributed by atoms with Crippen LogP contribution in [0.4, 0.5) is 11.6 Å². The molecule has 1 saturated heterocycles. The Morgan fingerprint density at radius 1 is 1.09 bits per heavy atom. The van der Waals surface area contributed by atoms with Gasteiger partial charge in [0.05, 0.1) is 23.4 Å². The molecule has 3 aromatic rings. The van der Waals surface area contributed by atoms with E-state index in [1.807, 2.05) is 12.1 Å². The first kappa shape index (κ1) is 30.4. The third-order valence-corrected chi connectivity index (χ3v) is 9.48. The summed E-state index contributed by atoms with van der Waals surface area (Å²) in [7, 11) is -4.29. The predicted octanol–water partition coefficient (Wildman–Crippen LogP) is 5.30. The summed E-state index contributed by atoms with van der Waals surface area (Å²) in [5.74, 6) is 0.429. The Labute approximate surface area is 254 Å². The van der Waals surface area contributed by atoms with Crippen molar-refractivity contribution in [2.75, 3.05) is 16.8 Å². The third-order valence-electron chi connectivity index (χ3n) is 8.25. The summed E-state index contributed by atoms with van der Waals surface area (Å²) in [6.45, 7) is 11.2. The van der Waals surface area contributed by atoms with Gasteiger partial charge in [-0.3, -0.25) is 9.78 Å². The lowest BCUT2D eigenvalue weighted by Gasteiger charge is -2.34. The van der Waals surface area contributed by atoms with Crippen molar-refractivity contribution in [2.24, 2.45) is 5.92 Å². The average molecular weight is 602 g/mol. The molecule has 2 atom stereocenters. The second-order valence-corrected chi connectivity index (χ2v) is 14.8. The molecule has 2 aliphatic rings. The van der Waals surface area contributed by atoms with E-state index in [0.717, 1.165) is 36.2 Å². The molecular formula is C32H39N7O3S. The molecule has 0 aliphatic carbocycles. The minimum atomic E-state index is -4.29. The van der Waals surface area contributed by atoms with Crippen LogP contribution in [0.25, 0.3) is 0 Å². The van der Waals surface area contributed by atoms with Crippen LogP contribution in [0.3, 0.4) is 0 Å². The first-order chi connectivity index (χ1) is 20.3. The molecule has 11 heteroatoms. The molecular weight excluding hydrogens is 562 g/mol. The minimum Gasteiger partial charge on any atom is -0.362 e. The lowest BCUT2D eigenvalue weighted by Crippen LogP contribution is -2.41. The molecule has 5 rings (SSSR count).